The summed E-state index contributed by atoms with van der Waals surface area (Å²) in [4.78, 5) is 0. The van der Waals surface area contributed by atoms with Crippen LogP contribution in [0.1, 0.15) is 30.4 Å². The van der Waals surface area contributed by atoms with Gasteiger partial charge in [0.1, 0.15) is 0 Å². The van der Waals surface area contributed by atoms with Gasteiger partial charge in [0, 0.05) is 11.7 Å². The molecule has 1 aliphatic carbocycles. The third-order valence-electron chi connectivity index (χ3n) is 3.20. The SMILES string of the molecule is Cc1cccc(NC2C=CCCC2)c1C. The first-order valence-corrected chi connectivity index (χ1v) is 5.77. The smallest absolute Gasteiger partial charge is 0.0444 e. The quantitative estimate of drug-likeness (QED) is 0.717. The largest absolute Gasteiger partial charge is 0.379 e. The number of aryl methyl sites for hydroxylation is 1. The van der Waals surface area contributed by atoms with E-state index in [-0.39, 0.29) is 0 Å². The van der Waals surface area contributed by atoms with Crippen molar-refractivity contribution in [2.75, 3.05) is 5.32 Å². The van der Waals surface area contributed by atoms with Crippen LogP contribution in [0.15, 0.2) is 30.4 Å². The normalized spacial score (nSPS) is 20.3. The summed E-state index contributed by atoms with van der Waals surface area (Å²) in [7, 11) is 0. The molecule has 1 heteroatoms. The van der Waals surface area contributed by atoms with Gasteiger partial charge in [-0.3, -0.25) is 0 Å². The molecule has 0 spiro atoms. The van der Waals surface area contributed by atoms with Gasteiger partial charge in [-0.05, 0) is 50.3 Å². The topological polar surface area (TPSA) is 12.0 Å². The monoisotopic (exact) mass is 201 g/mol. The van der Waals surface area contributed by atoms with Gasteiger partial charge in [0.2, 0.25) is 0 Å². The Morgan fingerprint density at radius 1 is 1.27 bits per heavy atom. The standard InChI is InChI=1S/C14H19N/c1-11-7-6-10-14(12(11)2)15-13-8-4-3-5-9-13/h4,6-8,10,13,15H,3,5,9H2,1-2H3. The van der Waals surface area contributed by atoms with E-state index in [1.54, 1.807) is 0 Å². The van der Waals surface area contributed by atoms with E-state index in [4.69, 9.17) is 0 Å². The predicted octanol–water partition coefficient (Wildman–Crippen LogP) is 3.82. The summed E-state index contributed by atoms with van der Waals surface area (Å²) >= 11 is 0. The average Bonchev–Trinajstić information content (AvgIpc) is 2.26. The average molecular weight is 201 g/mol. The molecular weight excluding hydrogens is 182 g/mol. The van der Waals surface area contributed by atoms with Crippen LogP contribution < -0.4 is 5.32 Å². The van der Waals surface area contributed by atoms with Gasteiger partial charge in [0.15, 0.2) is 0 Å². The van der Waals surface area contributed by atoms with E-state index in [1.807, 2.05) is 0 Å². The van der Waals surface area contributed by atoms with Crippen LogP contribution in [0.5, 0.6) is 0 Å². The molecule has 0 saturated carbocycles. The van der Waals surface area contributed by atoms with Crippen molar-refractivity contribution in [2.45, 2.75) is 39.2 Å². The van der Waals surface area contributed by atoms with Crippen molar-refractivity contribution in [3.8, 4) is 0 Å². The molecule has 0 heterocycles. The highest BCUT2D eigenvalue weighted by molar-refractivity contribution is 5.54. The molecular formula is C14H19N. The van der Waals surface area contributed by atoms with Gasteiger partial charge in [0.25, 0.3) is 0 Å². The van der Waals surface area contributed by atoms with Gasteiger partial charge in [-0.25, -0.2) is 0 Å². The maximum Gasteiger partial charge on any atom is 0.0444 e. The Morgan fingerprint density at radius 3 is 2.87 bits per heavy atom. The lowest BCUT2D eigenvalue weighted by Crippen LogP contribution is -2.19. The fourth-order valence-corrected chi connectivity index (χ4v) is 2.04. The predicted molar refractivity (Wildman–Crippen MR) is 66.3 cm³/mol. The molecule has 2 rings (SSSR count). The fourth-order valence-electron chi connectivity index (χ4n) is 2.04. The molecule has 0 aromatic heterocycles. The van der Waals surface area contributed by atoms with Crippen molar-refractivity contribution >= 4 is 5.69 Å². The molecule has 0 radical (unpaired) electrons. The molecule has 1 aromatic rings. The third-order valence-corrected chi connectivity index (χ3v) is 3.20. The van der Waals surface area contributed by atoms with E-state index < -0.39 is 0 Å². The Hall–Kier alpha value is -1.24. The summed E-state index contributed by atoms with van der Waals surface area (Å²) in [6.45, 7) is 4.35. The maximum atomic E-state index is 3.60. The zero-order chi connectivity index (χ0) is 10.7. The van der Waals surface area contributed by atoms with Crippen molar-refractivity contribution in [3.63, 3.8) is 0 Å². The summed E-state index contributed by atoms with van der Waals surface area (Å²) in [5.74, 6) is 0. The lowest BCUT2D eigenvalue weighted by molar-refractivity contribution is 0.673. The number of hydrogen-bond acceptors (Lipinski definition) is 1. The summed E-state index contributed by atoms with van der Waals surface area (Å²) in [6, 6.07) is 6.98. The lowest BCUT2D eigenvalue weighted by Gasteiger charge is -2.21. The molecule has 15 heavy (non-hydrogen) atoms. The zero-order valence-electron chi connectivity index (χ0n) is 9.59. The zero-order valence-corrected chi connectivity index (χ0v) is 9.59. The molecule has 1 N–H and O–H groups in total. The number of hydrogen-bond donors (Lipinski definition) is 1. The summed E-state index contributed by atoms with van der Waals surface area (Å²) in [5.41, 5.74) is 4.02. The second-order valence-electron chi connectivity index (χ2n) is 4.36. The van der Waals surface area contributed by atoms with Gasteiger partial charge in [-0.2, -0.15) is 0 Å². The van der Waals surface area contributed by atoms with Crippen molar-refractivity contribution in [1.29, 1.82) is 0 Å². The second-order valence-corrected chi connectivity index (χ2v) is 4.36. The molecule has 1 nitrogen and oxygen atoms in total. The molecule has 80 valence electrons. The second kappa shape index (κ2) is 4.52. The maximum absolute atomic E-state index is 3.60. The first-order valence-electron chi connectivity index (χ1n) is 5.77. The number of allylic oxidation sites excluding steroid dienone is 1. The summed E-state index contributed by atoms with van der Waals surface area (Å²) < 4.78 is 0. The molecule has 0 bridgehead atoms. The van der Waals surface area contributed by atoms with E-state index in [0.717, 1.165) is 0 Å². The van der Waals surface area contributed by atoms with Gasteiger partial charge in [0.05, 0.1) is 0 Å². The van der Waals surface area contributed by atoms with Gasteiger partial charge >= 0.3 is 0 Å². The molecule has 1 aromatic carbocycles. The first-order chi connectivity index (χ1) is 7.27. The van der Waals surface area contributed by atoms with E-state index in [0.29, 0.717) is 6.04 Å². The molecule has 1 atom stereocenters. The van der Waals surface area contributed by atoms with Crippen LogP contribution in [-0.4, -0.2) is 6.04 Å². The van der Waals surface area contributed by atoms with Crippen molar-refractivity contribution in [1.82, 2.24) is 0 Å². The van der Waals surface area contributed by atoms with Crippen molar-refractivity contribution < 1.29 is 0 Å². The highest BCUT2D eigenvalue weighted by Crippen LogP contribution is 2.21. The van der Waals surface area contributed by atoms with Crippen LogP contribution in [0.3, 0.4) is 0 Å². The van der Waals surface area contributed by atoms with E-state index in [2.05, 4.69) is 49.5 Å². The van der Waals surface area contributed by atoms with Crippen molar-refractivity contribution in [2.24, 2.45) is 0 Å². The third kappa shape index (κ3) is 2.41. The Balaban J connectivity index is 2.13. The Labute approximate surface area is 92.2 Å². The van der Waals surface area contributed by atoms with Crippen molar-refractivity contribution in [3.05, 3.63) is 41.5 Å². The number of benzene rings is 1. The lowest BCUT2D eigenvalue weighted by atomic mass is 10.0. The molecule has 0 aliphatic heterocycles. The highest BCUT2D eigenvalue weighted by Gasteiger charge is 2.09. The minimum Gasteiger partial charge on any atom is -0.379 e. The van der Waals surface area contributed by atoms with Crippen LogP contribution in [0.2, 0.25) is 0 Å². The molecule has 0 saturated heterocycles. The molecule has 0 amide bonds. The van der Waals surface area contributed by atoms with Crippen LogP contribution in [-0.2, 0) is 0 Å². The molecule has 1 aliphatic rings. The highest BCUT2D eigenvalue weighted by atomic mass is 14.9. The minimum atomic E-state index is 0.527. The number of rotatable bonds is 2. The Morgan fingerprint density at radius 2 is 2.13 bits per heavy atom. The van der Waals surface area contributed by atoms with Crippen LogP contribution in [0.4, 0.5) is 5.69 Å². The van der Waals surface area contributed by atoms with Crippen LogP contribution in [0, 0.1) is 13.8 Å². The molecule has 0 fully saturated rings. The number of anilines is 1. The van der Waals surface area contributed by atoms with Gasteiger partial charge < -0.3 is 5.32 Å². The first kappa shape index (κ1) is 10.3. The van der Waals surface area contributed by atoms with E-state index >= 15 is 0 Å². The minimum absolute atomic E-state index is 0.527. The van der Waals surface area contributed by atoms with E-state index in [9.17, 15) is 0 Å². The summed E-state index contributed by atoms with van der Waals surface area (Å²) in [5, 5.41) is 3.60. The number of nitrogens with one attached hydrogen (secondary N) is 1. The van der Waals surface area contributed by atoms with E-state index in [1.165, 1.54) is 36.1 Å². The fraction of sp³-hybridized carbons (Fsp3) is 0.429. The van der Waals surface area contributed by atoms with Crippen LogP contribution in [0.25, 0.3) is 0 Å². The molecule has 1 unspecified atom stereocenters. The summed E-state index contributed by atoms with van der Waals surface area (Å²) in [6.07, 6.45) is 8.38. The van der Waals surface area contributed by atoms with Crippen LogP contribution >= 0.6 is 0 Å². The Kier molecular flexibility index (Phi) is 3.10. The van der Waals surface area contributed by atoms with Gasteiger partial charge in [-0.15, -0.1) is 0 Å². The Bertz CT molecular complexity index is 366. The van der Waals surface area contributed by atoms with Gasteiger partial charge in [-0.1, -0.05) is 24.3 Å².